The van der Waals surface area contributed by atoms with Crippen molar-refractivity contribution in [3.8, 4) is 0 Å². The number of hydrogen-bond donors (Lipinski definition) is 3. The van der Waals surface area contributed by atoms with E-state index < -0.39 is 21.7 Å². The normalized spacial score (nSPS) is 24.9. The standard InChI is InChI=1S/C10H20N2O5S/c11-8-1-3-9(4-2-8)17-6-5-12-18(15,16)7-10(13)14/h8-9,12H,1-7,11H2,(H,13,14). The number of nitrogens with one attached hydrogen (secondary N) is 1. The Morgan fingerprint density at radius 3 is 2.50 bits per heavy atom. The van der Waals surface area contributed by atoms with Gasteiger partial charge in [-0.3, -0.25) is 4.79 Å². The summed E-state index contributed by atoms with van der Waals surface area (Å²) in [5.41, 5.74) is 5.75. The predicted octanol–water partition coefficient (Wildman–Crippen LogP) is -0.723. The molecule has 1 rings (SSSR count). The third-order valence-electron chi connectivity index (χ3n) is 2.81. The minimum absolute atomic E-state index is 0.0954. The molecule has 0 aromatic heterocycles. The van der Waals surface area contributed by atoms with Crippen LogP contribution in [0.3, 0.4) is 0 Å². The smallest absolute Gasteiger partial charge is 0.320 e. The molecular formula is C10H20N2O5S. The minimum Gasteiger partial charge on any atom is -0.480 e. The van der Waals surface area contributed by atoms with E-state index in [0.717, 1.165) is 25.7 Å². The number of aliphatic carboxylic acids is 1. The average molecular weight is 280 g/mol. The van der Waals surface area contributed by atoms with E-state index in [2.05, 4.69) is 4.72 Å². The summed E-state index contributed by atoms with van der Waals surface area (Å²) in [4.78, 5) is 10.3. The molecule has 0 atom stereocenters. The van der Waals surface area contributed by atoms with Gasteiger partial charge in [0.15, 0.2) is 5.75 Å². The highest BCUT2D eigenvalue weighted by molar-refractivity contribution is 7.90. The molecule has 1 aliphatic rings. The molecule has 0 bridgehead atoms. The first-order valence-corrected chi connectivity index (χ1v) is 7.60. The lowest BCUT2D eigenvalue weighted by molar-refractivity contribution is -0.134. The first-order chi connectivity index (χ1) is 8.39. The number of carboxylic acid groups (broad SMARTS) is 1. The van der Waals surface area contributed by atoms with Crippen LogP contribution in [-0.4, -0.2) is 50.5 Å². The number of rotatable bonds is 7. The largest absolute Gasteiger partial charge is 0.480 e. The second-order valence-electron chi connectivity index (χ2n) is 4.45. The summed E-state index contributed by atoms with van der Waals surface area (Å²) in [5, 5.41) is 8.37. The van der Waals surface area contributed by atoms with E-state index >= 15 is 0 Å². The van der Waals surface area contributed by atoms with Crippen LogP contribution in [0, 0.1) is 0 Å². The SMILES string of the molecule is NC1CCC(OCCNS(=O)(=O)CC(=O)O)CC1. The summed E-state index contributed by atoms with van der Waals surface area (Å²) in [6.07, 6.45) is 3.77. The van der Waals surface area contributed by atoms with Crippen LogP contribution in [0.2, 0.25) is 0 Å². The van der Waals surface area contributed by atoms with Crippen molar-refractivity contribution in [2.75, 3.05) is 18.9 Å². The highest BCUT2D eigenvalue weighted by Gasteiger charge is 2.19. The molecule has 0 radical (unpaired) electrons. The van der Waals surface area contributed by atoms with Gasteiger partial charge in [0.25, 0.3) is 0 Å². The maximum absolute atomic E-state index is 11.2. The molecule has 0 amide bonds. The van der Waals surface area contributed by atoms with E-state index in [4.69, 9.17) is 15.6 Å². The zero-order valence-corrected chi connectivity index (χ0v) is 11.0. The quantitative estimate of drug-likeness (QED) is 0.529. The van der Waals surface area contributed by atoms with Crippen molar-refractivity contribution in [1.82, 2.24) is 4.72 Å². The Bertz CT molecular complexity index is 362. The number of hydrogen-bond acceptors (Lipinski definition) is 5. The summed E-state index contributed by atoms with van der Waals surface area (Å²) >= 11 is 0. The Balaban J connectivity index is 2.13. The number of sulfonamides is 1. The number of carbonyl (C=O) groups is 1. The molecule has 8 heteroatoms. The molecule has 18 heavy (non-hydrogen) atoms. The fourth-order valence-corrected chi connectivity index (χ4v) is 2.71. The Labute approximate surface area is 107 Å². The van der Waals surface area contributed by atoms with Crippen molar-refractivity contribution in [1.29, 1.82) is 0 Å². The van der Waals surface area contributed by atoms with E-state index in [0.29, 0.717) is 0 Å². The maximum atomic E-state index is 11.2. The molecule has 0 aromatic rings. The van der Waals surface area contributed by atoms with Gasteiger partial charge >= 0.3 is 5.97 Å². The van der Waals surface area contributed by atoms with E-state index in [-0.39, 0.29) is 25.3 Å². The molecule has 0 heterocycles. The number of nitrogens with two attached hydrogens (primary N) is 1. The van der Waals surface area contributed by atoms with Crippen LogP contribution in [0.4, 0.5) is 0 Å². The molecule has 4 N–H and O–H groups in total. The van der Waals surface area contributed by atoms with Gasteiger partial charge < -0.3 is 15.6 Å². The monoisotopic (exact) mass is 280 g/mol. The fraction of sp³-hybridized carbons (Fsp3) is 0.900. The Morgan fingerprint density at radius 1 is 1.33 bits per heavy atom. The molecular weight excluding hydrogens is 260 g/mol. The van der Waals surface area contributed by atoms with E-state index in [1.54, 1.807) is 0 Å². The molecule has 0 spiro atoms. The third-order valence-corrected chi connectivity index (χ3v) is 4.08. The van der Waals surface area contributed by atoms with Crippen LogP contribution in [0.25, 0.3) is 0 Å². The first-order valence-electron chi connectivity index (χ1n) is 5.95. The fourth-order valence-electron chi connectivity index (χ4n) is 1.89. The maximum Gasteiger partial charge on any atom is 0.320 e. The lowest BCUT2D eigenvalue weighted by Gasteiger charge is -2.26. The molecule has 0 aromatic carbocycles. The van der Waals surface area contributed by atoms with Crippen molar-refractivity contribution < 1.29 is 23.1 Å². The van der Waals surface area contributed by atoms with Crippen LogP contribution in [0.15, 0.2) is 0 Å². The predicted molar refractivity (Wildman–Crippen MR) is 65.6 cm³/mol. The van der Waals surface area contributed by atoms with Gasteiger partial charge in [-0.25, -0.2) is 13.1 Å². The van der Waals surface area contributed by atoms with Gasteiger partial charge in [0.2, 0.25) is 10.0 Å². The zero-order valence-electron chi connectivity index (χ0n) is 10.2. The van der Waals surface area contributed by atoms with Gasteiger partial charge in [-0.2, -0.15) is 0 Å². The van der Waals surface area contributed by atoms with Crippen molar-refractivity contribution >= 4 is 16.0 Å². The van der Waals surface area contributed by atoms with Crippen LogP contribution in [-0.2, 0) is 19.6 Å². The van der Waals surface area contributed by atoms with E-state index in [1.165, 1.54) is 0 Å². The van der Waals surface area contributed by atoms with Crippen molar-refractivity contribution in [2.24, 2.45) is 5.73 Å². The molecule has 0 saturated heterocycles. The number of ether oxygens (including phenoxy) is 1. The lowest BCUT2D eigenvalue weighted by Crippen LogP contribution is -2.34. The van der Waals surface area contributed by atoms with Crippen molar-refractivity contribution in [3.63, 3.8) is 0 Å². The lowest BCUT2D eigenvalue weighted by atomic mass is 9.94. The first kappa shape index (κ1) is 15.4. The molecule has 1 fully saturated rings. The molecule has 0 aliphatic heterocycles. The molecule has 1 aliphatic carbocycles. The van der Waals surface area contributed by atoms with Gasteiger partial charge in [-0.1, -0.05) is 0 Å². The summed E-state index contributed by atoms with van der Waals surface area (Å²) < 4.78 is 30.0. The minimum atomic E-state index is -3.74. The summed E-state index contributed by atoms with van der Waals surface area (Å²) in [7, 11) is -3.74. The Hall–Kier alpha value is -0.700. The van der Waals surface area contributed by atoms with Gasteiger partial charge in [0, 0.05) is 12.6 Å². The highest BCUT2D eigenvalue weighted by Crippen LogP contribution is 2.19. The molecule has 1 saturated carbocycles. The van der Waals surface area contributed by atoms with Crippen LogP contribution < -0.4 is 10.5 Å². The summed E-state index contributed by atoms with van der Waals surface area (Å²) in [6.45, 7) is 0.344. The Kier molecular flexibility index (Phi) is 6.00. The van der Waals surface area contributed by atoms with Crippen LogP contribution >= 0.6 is 0 Å². The molecule has 7 nitrogen and oxygen atoms in total. The second kappa shape index (κ2) is 7.03. The third kappa shape index (κ3) is 6.29. The van der Waals surface area contributed by atoms with Gasteiger partial charge in [0.1, 0.15) is 0 Å². The van der Waals surface area contributed by atoms with Gasteiger partial charge in [0.05, 0.1) is 12.7 Å². The zero-order chi connectivity index (χ0) is 13.6. The van der Waals surface area contributed by atoms with Crippen molar-refractivity contribution in [3.05, 3.63) is 0 Å². The average Bonchev–Trinajstić information content (AvgIpc) is 2.25. The number of carboxylic acids is 1. The Morgan fingerprint density at radius 2 is 1.94 bits per heavy atom. The highest BCUT2D eigenvalue weighted by atomic mass is 32.2. The van der Waals surface area contributed by atoms with Crippen LogP contribution in [0.5, 0.6) is 0 Å². The van der Waals surface area contributed by atoms with Gasteiger partial charge in [-0.15, -0.1) is 0 Å². The van der Waals surface area contributed by atoms with E-state index in [1.807, 2.05) is 0 Å². The van der Waals surface area contributed by atoms with Crippen molar-refractivity contribution in [2.45, 2.75) is 37.8 Å². The van der Waals surface area contributed by atoms with Crippen LogP contribution in [0.1, 0.15) is 25.7 Å². The summed E-state index contributed by atoms with van der Waals surface area (Å²) in [5.74, 6) is -2.28. The summed E-state index contributed by atoms with van der Waals surface area (Å²) in [6, 6.07) is 0.249. The second-order valence-corrected chi connectivity index (χ2v) is 6.26. The molecule has 106 valence electrons. The van der Waals surface area contributed by atoms with E-state index in [9.17, 15) is 13.2 Å². The topological polar surface area (TPSA) is 119 Å². The molecule has 0 unspecified atom stereocenters. The van der Waals surface area contributed by atoms with Gasteiger partial charge in [-0.05, 0) is 25.7 Å².